The summed E-state index contributed by atoms with van der Waals surface area (Å²) in [7, 11) is 4.66. The summed E-state index contributed by atoms with van der Waals surface area (Å²) >= 11 is 6.19. The van der Waals surface area contributed by atoms with Crippen LogP contribution in [0.1, 0.15) is 5.56 Å². The van der Waals surface area contributed by atoms with E-state index in [1.807, 2.05) is 0 Å². The van der Waals surface area contributed by atoms with E-state index in [2.05, 4.69) is 5.32 Å². The Kier molecular flexibility index (Phi) is 6.77. The van der Waals surface area contributed by atoms with Gasteiger partial charge in [0.05, 0.1) is 21.3 Å². The highest BCUT2D eigenvalue weighted by Crippen LogP contribution is 2.32. The van der Waals surface area contributed by atoms with Crippen LogP contribution in [-0.4, -0.2) is 33.8 Å². The second kappa shape index (κ2) is 9.03. The molecule has 0 aliphatic rings. The maximum absolute atomic E-state index is 11.9. The molecule has 134 valence electrons. The van der Waals surface area contributed by atoms with Crippen molar-refractivity contribution in [1.29, 1.82) is 0 Å². The van der Waals surface area contributed by atoms with Crippen LogP contribution in [0.25, 0.3) is 0 Å². The lowest BCUT2D eigenvalue weighted by Gasteiger charge is -2.12. The van der Waals surface area contributed by atoms with Crippen molar-refractivity contribution in [2.24, 2.45) is 0 Å². The Balaban J connectivity index is 1.89. The van der Waals surface area contributed by atoms with Gasteiger partial charge >= 0.3 is 0 Å². The Morgan fingerprint density at radius 2 is 1.56 bits per heavy atom. The van der Waals surface area contributed by atoms with Gasteiger partial charge in [0, 0.05) is 17.6 Å². The minimum atomic E-state index is -0.262. The van der Waals surface area contributed by atoms with Gasteiger partial charge in [0.15, 0.2) is 18.1 Å². The molecule has 7 heteroatoms. The van der Waals surface area contributed by atoms with Crippen molar-refractivity contribution in [3.63, 3.8) is 0 Å². The predicted molar refractivity (Wildman–Crippen MR) is 94.9 cm³/mol. The summed E-state index contributed by atoms with van der Waals surface area (Å²) in [6, 6.07) is 10.4. The molecule has 0 aliphatic carbocycles. The maximum atomic E-state index is 11.9. The van der Waals surface area contributed by atoms with E-state index in [1.54, 1.807) is 43.5 Å². The van der Waals surface area contributed by atoms with E-state index in [-0.39, 0.29) is 19.1 Å². The topological polar surface area (TPSA) is 66.0 Å². The molecule has 2 aromatic rings. The van der Waals surface area contributed by atoms with Gasteiger partial charge in [-0.25, -0.2) is 0 Å². The number of benzene rings is 2. The molecule has 2 rings (SSSR count). The number of halogens is 1. The minimum absolute atomic E-state index is 0.1000. The Labute approximate surface area is 151 Å². The van der Waals surface area contributed by atoms with Gasteiger partial charge in [0.25, 0.3) is 5.91 Å². The Morgan fingerprint density at radius 3 is 2.16 bits per heavy atom. The third-order valence-electron chi connectivity index (χ3n) is 3.46. The van der Waals surface area contributed by atoms with Gasteiger partial charge in [0.1, 0.15) is 11.5 Å². The molecule has 0 saturated heterocycles. The van der Waals surface area contributed by atoms with Gasteiger partial charge in [0.2, 0.25) is 0 Å². The molecule has 0 unspecified atom stereocenters. The van der Waals surface area contributed by atoms with Crippen LogP contribution in [0.4, 0.5) is 0 Å². The van der Waals surface area contributed by atoms with E-state index < -0.39 is 0 Å². The van der Waals surface area contributed by atoms with Crippen molar-refractivity contribution < 1.29 is 23.7 Å². The van der Waals surface area contributed by atoms with E-state index in [4.69, 9.17) is 30.5 Å². The lowest BCUT2D eigenvalue weighted by Crippen LogP contribution is -2.28. The van der Waals surface area contributed by atoms with Gasteiger partial charge in [-0.15, -0.1) is 0 Å². The first-order valence-electron chi connectivity index (χ1n) is 7.51. The number of carbonyl (C=O) groups is 1. The number of ether oxygens (including phenoxy) is 4. The van der Waals surface area contributed by atoms with Crippen LogP contribution in [-0.2, 0) is 11.3 Å². The predicted octanol–water partition coefficient (Wildman–Crippen LogP) is 3.06. The van der Waals surface area contributed by atoms with Crippen LogP contribution >= 0.6 is 11.6 Å². The van der Waals surface area contributed by atoms with Crippen LogP contribution in [0.2, 0.25) is 5.02 Å². The van der Waals surface area contributed by atoms with Crippen molar-refractivity contribution in [1.82, 2.24) is 5.32 Å². The van der Waals surface area contributed by atoms with Crippen LogP contribution in [0, 0.1) is 0 Å². The molecule has 1 amide bonds. The number of carbonyl (C=O) groups excluding carboxylic acids is 1. The first-order valence-corrected chi connectivity index (χ1v) is 7.89. The average molecular weight is 366 g/mol. The molecular formula is C18H20ClNO5. The van der Waals surface area contributed by atoms with Gasteiger partial charge in [-0.05, 0) is 35.9 Å². The highest BCUT2D eigenvalue weighted by Gasteiger charge is 2.11. The van der Waals surface area contributed by atoms with E-state index in [9.17, 15) is 4.79 Å². The fraction of sp³-hybridized carbons (Fsp3) is 0.278. The number of methoxy groups -OCH3 is 3. The monoisotopic (exact) mass is 365 g/mol. The molecule has 0 radical (unpaired) electrons. The van der Waals surface area contributed by atoms with Gasteiger partial charge in [-0.2, -0.15) is 0 Å². The smallest absolute Gasteiger partial charge is 0.258 e. The summed E-state index contributed by atoms with van der Waals surface area (Å²) in [5.41, 5.74) is 0.720. The van der Waals surface area contributed by atoms with Crippen molar-refractivity contribution in [2.75, 3.05) is 27.9 Å². The summed E-state index contributed by atoms with van der Waals surface area (Å²) in [5, 5.41) is 3.23. The van der Waals surface area contributed by atoms with Gasteiger partial charge in [-0.3, -0.25) is 4.79 Å². The van der Waals surface area contributed by atoms with Gasteiger partial charge < -0.3 is 24.3 Å². The molecule has 0 aromatic heterocycles. The zero-order valence-electron chi connectivity index (χ0n) is 14.3. The highest BCUT2D eigenvalue weighted by molar-refractivity contribution is 6.31. The normalized spacial score (nSPS) is 10.1. The number of hydrogen-bond donors (Lipinski definition) is 1. The third-order valence-corrected chi connectivity index (χ3v) is 3.81. The first kappa shape index (κ1) is 18.7. The molecule has 6 nitrogen and oxygen atoms in total. The summed E-state index contributed by atoms with van der Waals surface area (Å²) in [5.74, 6) is 2.12. The molecule has 0 fully saturated rings. The van der Waals surface area contributed by atoms with Crippen molar-refractivity contribution in [2.45, 2.75) is 6.54 Å². The van der Waals surface area contributed by atoms with Crippen LogP contribution in [0.3, 0.4) is 0 Å². The summed E-state index contributed by atoms with van der Waals surface area (Å²) in [6.07, 6.45) is 0. The summed E-state index contributed by atoms with van der Waals surface area (Å²) < 4.78 is 20.9. The Morgan fingerprint density at radius 1 is 0.960 bits per heavy atom. The molecule has 0 atom stereocenters. The summed E-state index contributed by atoms with van der Waals surface area (Å²) in [4.78, 5) is 11.9. The summed E-state index contributed by atoms with van der Waals surface area (Å²) in [6.45, 7) is 0.154. The lowest BCUT2D eigenvalue weighted by atomic mass is 10.2. The fourth-order valence-electron chi connectivity index (χ4n) is 2.10. The third kappa shape index (κ3) is 5.19. The quantitative estimate of drug-likeness (QED) is 0.778. The van der Waals surface area contributed by atoms with Crippen LogP contribution < -0.4 is 24.3 Å². The van der Waals surface area contributed by atoms with Crippen molar-refractivity contribution in [3.8, 4) is 23.0 Å². The standard InChI is InChI=1S/C18H20ClNO5/c1-22-13-4-6-14(7-5-13)25-11-18(21)20-10-12-8-16(23-2)17(24-3)9-15(12)19/h4-9H,10-11H2,1-3H3,(H,20,21). The molecule has 0 aliphatic heterocycles. The van der Waals surface area contributed by atoms with Crippen molar-refractivity contribution in [3.05, 3.63) is 47.0 Å². The second-order valence-corrected chi connectivity index (χ2v) is 5.45. The minimum Gasteiger partial charge on any atom is -0.497 e. The van der Waals surface area contributed by atoms with Crippen molar-refractivity contribution >= 4 is 17.5 Å². The van der Waals surface area contributed by atoms with E-state index >= 15 is 0 Å². The van der Waals surface area contributed by atoms with E-state index in [1.165, 1.54) is 14.2 Å². The van der Waals surface area contributed by atoms with Gasteiger partial charge in [-0.1, -0.05) is 11.6 Å². The second-order valence-electron chi connectivity index (χ2n) is 5.04. The molecular weight excluding hydrogens is 346 g/mol. The van der Waals surface area contributed by atoms with Crippen LogP contribution in [0.5, 0.6) is 23.0 Å². The highest BCUT2D eigenvalue weighted by atomic mass is 35.5. The van der Waals surface area contributed by atoms with E-state index in [0.29, 0.717) is 22.3 Å². The molecule has 0 saturated carbocycles. The SMILES string of the molecule is COc1ccc(OCC(=O)NCc2cc(OC)c(OC)cc2Cl)cc1. The Hall–Kier alpha value is -2.60. The molecule has 2 aromatic carbocycles. The molecule has 1 N–H and O–H groups in total. The van der Waals surface area contributed by atoms with Crippen LogP contribution in [0.15, 0.2) is 36.4 Å². The Bertz CT molecular complexity index is 718. The maximum Gasteiger partial charge on any atom is 0.258 e. The average Bonchev–Trinajstić information content (AvgIpc) is 2.65. The zero-order valence-corrected chi connectivity index (χ0v) is 15.1. The number of nitrogens with one attached hydrogen (secondary N) is 1. The fourth-order valence-corrected chi connectivity index (χ4v) is 2.32. The number of hydrogen-bond acceptors (Lipinski definition) is 5. The van der Waals surface area contributed by atoms with E-state index in [0.717, 1.165) is 11.3 Å². The first-order chi connectivity index (χ1) is 12.1. The number of rotatable bonds is 8. The lowest BCUT2D eigenvalue weighted by molar-refractivity contribution is -0.123. The molecule has 0 bridgehead atoms. The molecule has 0 spiro atoms. The number of amides is 1. The largest absolute Gasteiger partial charge is 0.497 e. The molecule has 25 heavy (non-hydrogen) atoms. The molecule has 0 heterocycles. The zero-order chi connectivity index (χ0) is 18.2.